The second kappa shape index (κ2) is 5.85. The monoisotopic (exact) mass is 277 g/mol. The highest BCUT2D eigenvalue weighted by atomic mass is 79.9. The molecule has 1 amide bonds. The van der Waals surface area contributed by atoms with Crippen LogP contribution in [0.5, 0.6) is 0 Å². The van der Waals surface area contributed by atoms with Crippen LogP contribution in [0, 0.1) is 0 Å². The average molecular weight is 278 g/mol. The molecule has 0 spiro atoms. The lowest BCUT2D eigenvalue weighted by Crippen LogP contribution is -2.44. The molecule has 1 heterocycles. The van der Waals surface area contributed by atoms with Gasteiger partial charge in [-0.1, -0.05) is 15.9 Å². The predicted molar refractivity (Wildman–Crippen MR) is 64.2 cm³/mol. The second-order valence-corrected chi connectivity index (χ2v) is 5.12. The molecule has 1 aliphatic heterocycles. The fourth-order valence-corrected chi connectivity index (χ4v) is 2.27. The number of amides is 1. The summed E-state index contributed by atoms with van der Waals surface area (Å²) in [5.74, 6) is 0.147. The summed E-state index contributed by atoms with van der Waals surface area (Å²) >= 11 is 3.37. The van der Waals surface area contributed by atoms with Crippen LogP contribution < -0.4 is 0 Å². The Balaban J connectivity index is 2.55. The van der Waals surface area contributed by atoms with Crippen molar-refractivity contribution in [3.8, 4) is 0 Å². The number of carbonyl (C=O) groups is 1. The minimum Gasteiger partial charge on any atom is -0.365 e. The first-order chi connectivity index (χ1) is 7.06. The first-order valence-electron chi connectivity index (χ1n) is 5.58. The number of ether oxygens (including phenoxy) is 1. The van der Waals surface area contributed by atoms with Gasteiger partial charge in [0, 0.05) is 17.9 Å². The van der Waals surface area contributed by atoms with E-state index >= 15 is 0 Å². The Morgan fingerprint density at radius 2 is 2.20 bits per heavy atom. The van der Waals surface area contributed by atoms with E-state index in [0.717, 1.165) is 24.7 Å². The van der Waals surface area contributed by atoms with Crippen molar-refractivity contribution >= 4 is 21.8 Å². The Morgan fingerprint density at radius 3 is 2.60 bits per heavy atom. The summed E-state index contributed by atoms with van der Waals surface area (Å²) in [6.45, 7) is 6.86. The van der Waals surface area contributed by atoms with Gasteiger partial charge in [-0.15, -0.1) is 0 Å². The smallest absolute Gasteiger partial charge is 0.251 e. The molecule has 0 N–H and O–H groups in total. The molecule has 0 aromatic rings. The van der Waals surface area contributed by atoms with Crippen molar-refractivity contribution in [3.63, 3.8) is 0 Å². The molecule has 0 saturated carbocycles. The van der Waals surface area contributed by atoms with Gasteiger partial charge in [0.05, 0.1) is 6.10 Å². The molecule has 1 fully saturated rings. The van der Waals surface area contributed by atoms with Gasteiger partial charge in [0.15, 0.2) is 0 Å². The van der Waals surface area contributed by atoms with Gasteiger partial charge in [-0.25, -0.2) is 0 Å². The van der Waals surface area contributed by atoms with Crippen LogP contribution in [0.1, 0.15) is 33.6 Å². The Kier molecular flexibility index (Phi) is 5.06. The van der Waals surface area contributed by atoms with Crippen molar-refractivity contribution in [3.05, 3.63) is 0 Å². The highest BCUT2D eigenvalue weighted by Gasteiger charge is 2.32. The fraction of sp³-hybridized carbons (Fsp3) is 0.909. The summed E-state index contributed by atoms with van der Waals surface area (Å²) in [7, 11) is 0. The van der Waals surface area contributed by atoms with Gasteiger partial charge < -0.3 is 9.64 Å². The van der Waals surface area contributed by atoms with Crippen LogP contribution in [0.25, 0.3) is 0 Å². The standard InChI is InChI=1S/C11H20BrNO2/c1-8(2)13(7-6-12)11(14)10-5-4-9(3)15-10/h8-10H,4-7H2,1-3H3. The quantitative estimate of drug-likeness (QED) is 0.738. The van der Waals surface area contributed by atoms with Crippen LogP contribution in [0.15, 0.2) is 0 Å². The molecule has 0 aliphatic carbocycles. The summed E-state index contributed by atoms with van der Waals surface area (Å²) in [5, 5.41) is 0.819. The molecule has 1 saturated heterocycles. The molecule has 3 nitrogen and oxygen atoms in total. The zero-order valence-electron chi connectivity index (χ0n) is 9.70. The average Bonchev–Trinajstić information content (AvgIpc) is 2.59. The molecule has 0 radical (unpaired) electrons. The summed E-state index contributed by atoms with van der Waals surface area (Å²) in [6.07, 6.45) is 1.89. The Labute approximate surface area is 100 Å². The van der Waals surface area contributed by atoms with Gasteiger partial charge in [0.2, 0.25) is 0 Å². The SMILES string of the molecule is CC1CCC(C(=O)N(CCBr)C(C)C)O1. The lowest BCUT2D eigenvalue weighted by Gasteiger charge is -2.28. The number of rotatable bonds is 4. The summed E-state index contributed by atoms with van der Waals surface area (Å²) in [6, 6.07) is 0.245. The zero-order chi connectivity index (χ0) is 11.4. The zero-order valence-corrected chi connectivity index (χ0v) is 11.3. The lowest BCUT2D eigenvalue weighted by molar-refractivity contribution is -0.144. The van der Waals surface area contributed by atoms with E-state index in [9.17, 15) is 4.79 Å². The van der Waals surface area contributed by atoms with Crippen molar-refractivity contribution in [2.75, 3.05) is 11.9 Å². The Bertz CT molecular complexity index is 221. The van der Waals surface area contributed by atoms with E-state index in [1.165, 1.54) is 0 Å². The first kappa shape index (κ1) is 13.0. The molecule has 1 rings (SSSR count). The summed E-state index contributed by atoms with van der Waals surface area (Å²) in [5.41, 5.74) is 0. The van der Waals surface area contributed by atoms with Crippen molar-refractivity contribution in [2.45, 2.75) is 51.9 Å². The van der Waals surface area contributed by atoms with Gasteiger partial charge in [0.25, 0.3) is 5.91 Å². The first-order valence-corrected chi connectivity index (χ1v) is 6.70. The topological polar surface area (TPSA) is 29.5 Å². The number of alkyl halides is 1. The molecule has 15 heavy (non-hydrogen) atoms. The molecule has 1 aliphatic rings. The number of carbonyl (C=O) groups excluding carboxylic acids is 1. The van der Waals surface area contributed by atoms with Gasteiger partial charge in [-0.05, 0) is 33.6 Å². The van der Waals surface area contributed by atoms with E-state index in [0.29, 0.717) is 0 Å². The number of hydrogen-bond acceptors (Lipinski definition) is 2. The highest BCUT2D eigenvalue weighted by Crippen LogP contribution is 2.21. The summed E-state index contributed by atoms with van der Waals surface area (Å²) < 4.78 is 5.59. The van der Waals surface area contributed by atoms with Gasteiger partial charge in [-0.2, -0.15) is 0 Å². The Hall–Kier alpha value is -0.0900. The second-order valence-electron chi connectivity index (χ2n) is 4.33. The third-order valence-electron chi connectivity index (χ3n) is 2.74. The number of hydrogen-bond donors (Lipinski definition) is 0. The van der Waals surface area contributed by atoms with Crippen LogP contribution in [-0.2, 0) is 9.53 Å². The van der Waals surface area contributed by atoms with Crippen LogP contribution in [0.4, 0.5) is 0 Å². The molecular weight excluding hydrogens is 258 g/mol. The maximum absolute atomic E-state index is 12.1. The maximum Gasteiger partial charge on any atom is 0.251 e. The number of nitrogens with zero attached hydrogens (tertiary/aromatic N) is 1. The number of halogens is 1. The lowest BCUT2D eigenvalue weighted by atomic mass is 10.1. The van der Waals surface area contributed by atoms with Crippen LogP contribution in [-0.4, -0.2) is 40.9 Å². The van der Waals surface area contributed by atoms with Crippen molar-refractivity contribution in [1.29, 1.82) is 0 Å². The van der Waals surface area contributed by atoms with Crippen LogP contribution in [0.2, 0.25) is 0 Å². The third kappa shape index (κ3) is 3.45. The van der Waals surface area contributed by atoms with Crippen molar-refractivity contribution in [1.82, 2.24) is 4.90 Å². The van der Waals surface area contributed by atoms with E-state index < -0.39 is 0 Å². The fourth-order valence-electron chi connectivity index (χ4n) is 1.88. The molecule has 4 heteroatoms. The molecule has 0 aromatic heterocycles. The molecule has 2 unspecified atom stereocenters. The highest BCUT2D eigenvalue weighted by molar-refractivity contribution is 9.09. The van der Waals surface area contributed by atoms with E-state index in [-0.39, 0.29) is 24.2 Å². The third-order valence-corrected chi connectivity index (χ3v) is 3.09. The van der Waals surface area contributed by atoms with E-state index in [1.54, 1.807) is 0 Å². The molecular formula is C11H20BrNO2. The van der Waals surface area contributed by atoms with Crippen LogP contribution >= 0.6 is 15.9 Å². The van der Waals surface area contributed by atoms with Gasteiger partial charge in [0.1, 0.15) is 6.10 Å². The predicted octanol–water partition coefficient (Wildman–Crippen LogP) is 2.19. The molecule has 2 atom stereocenters. The minimum absolute atomic E-state index is 0.147. The van der Waals surface area contributed by atoms with E-state index in [2.05, 4.69) is 15.9 Å². The van der Waals surface area contributed by atoms with Gasteiger partial charge in [-0.3, -0.25) is 4.79 Å². The maximum atomic E-state index is 12.1. The Morgan fingerprint density at radius 1 is 1.53 bits per heavy atom. The van der Waals surface area contributed by atoms with Crippen LogP contribution in [0.3, 0.4) is 0 Å². The van der Waals surface area contributed by atoms with Gasteiger partial charge >= 0.3 is 0 Å². The van der Waals surface area contributed by atoms with E-state index in [4.69, 9.17) is 4.74 Å². The van der Waals surface area contributed by atoms with E-state index in [1.807, 2.05) is 25.7 Å². The molecule has 0 aromatic carbocycles. The summed E-state index contributed by atoms with van der Waals surface area (Å²) in [4.78, 5) is 14.0. The largest absolute Gasteiger partial charge is 0.365 e. The van der Waals surface area contributed by atoms with Crippen molar-refractivity contribution < 1.29 is 9.53 Å². The molecule has 88 valence electrons. The molecule has 0 bridgehead atoms. The van der Waals surface area contributed by atoms with Crippen molar-refractivity contribution in [2.24, 2.45) is 0 Å². The normalized spacial score (nSPS) is 25.9. The minimum atomic E-state index is -0.207.